The van der Waals surface area contributed by atoms with Crippen molar-refractivity contribution in [3.05, 3.63) is 53.9 Å². The Bertz CT molecular complexity index is 930. The van der Waals surface area contributed by atoms with Gasteiger partial charge in [-0.05, 0) is 18.6 Å². The number of ether oxygens (including phenoxy) is 1. The second-order valence-electron chi connectivity index (χ2n) is 6.60. The van der Waals surface area contributed by atoms with Crippen molar-refractivity contribution in [1.29, 1.82) is 0 Å². The van der Waals surface area contributed by atoms with E-state index in [1.54, 1.807) is 26.4 Å². The van der Waals surface area contributed by atoms with Crippen molar-refractivity contribution >= 4 is 21.4 Å². The molecular weight excluding hydrogens is 366 g/mol. The molecular formula is C19H23N3O4S. The van der Waals surface area contributed by atoms with Crippen LogP contribution in [0.2, 0.25) is 0 Å². The molecule has 1 atom stereocenters. The number of anilines is 1. The van der Waals surface area contributed by atoms with Crippen LogP contribution in [0.15, 0.2) is 42.7 Å². The van der Waals surface area contributed by atoms with Crippen molar-refractivity contribution in [3.8, 4) is 5.75 Å². The molecule has 2 heterocycles. The number of pyridine rings is 1. The number of methoxy groups -OCH3 is 1. The summed E-state index contributed by atoms with van der Waals surface area (Å²) in [6.07, 6.45) is 3.62. The standard InChI is InChI=1S/C19H23N3O4S/c1-22(17-7-8-27(24,25)13-17)19(23)15-9-16(12-20-10-15)21-11-14-5-3-4-6-18(14)26-2/h3-6,9-10,12,17,21H,7-8,11,13H2,1-2H3. The van der Waals surface area contributed by atoms with Gasteiger partial charge < -0.3 is 15.0 Å². The van der Waals surface area contributed by atoms with E-state index in [-0.39, 0.29) is 23.5 Å². The largest absolute Gasteiger partial charge is 0.496 e. The van der Waals surface area contributed by atoms with Gasteiger partial charge in [-0.15, -0.1) is 0 Å². The Balaban J connectivity index is 1.69. The van der Waals surface area contributed by atoms with Crippen LogP contribution in [0.4, 0.5) is 5.69 Å². The van der Waals surface area contributed by atoms with E-state index < -0.39 is 9.84 Å². The van der Waals surface area contributed by atoms with Crippen LogP contribution in [0, 0.1) is 0 Å². The third-order valence-corrected chi connectivity index (χ3v) is 6.49. The van der Waals surface area contributed by atoms with Gasteiger partial charge >= 0.3 is 0 Å². The highest BCUT2D eigenvalue weighted by Crippen LogP contribution is 2.21. The minimum Gasteiger partial charge on any atom is -0.496 e. The SMILES string of the molecule is COc1ccccc1CNc1cncc(C(=O)N(C)C2CCS(=O)(=O)C2)c1. The second kappa shape index (κ2) is 7.96. The number of rotatable bonds is 6. The minimum atomic E-state index is -3.04. The highest BCUT2D eigenvalue weighted by atomic mass is 32.2. The molecule has 1 aromatic heterocycles. The normalized spacial score (nSPS) is 18.1. The number of nitrogens with zero attached hydrogens (tertiary/aromatic N) is 2. The zero-order chi connectivity index (χ0) is 19.4. The Labute approximate surface area is 159 Å². The first kappa shape index (κ1) is 19.2. The molecule has 1 aliphatic heterocycles. The average Bonchev–Trinajstić information content (AvgIpc) is 3.05. The summed E-state index contributed by atoms with van der Waals surface area (Å²) < 4.78 is 28.7. The van der Waals surface area contributed by atoms with Gasteiger partial charge in [-0.1, -0.05) is 18.2 Å². The maximum absolute atomic E-state index is 12.7. The van der Waals surface area contributed by atoms with Gasteiger partial charge in [-0.2, -0.15) is 0 Å². The summed E-state index contributed by atoms with van der Waals surface area (Å²) in [5.74, 6) is 0.709. The fourth-order valence-corrected chi connectivity index (χ4v) is 4.92. The summed E-state index contributed by atoms with van der Waals surface area (Å²) >= 11 is 0. The summed E-state index contributed by atoms with van der Waals surface area (Å²) in [6.45, 7) is 0.528. The van der Waals surface area contributed by atoms with E-state index in [1.807, 2.05) is 24.3 Å². The Kier molecular flexibility index (Phi) is 5.65. The van der Waals surface area contributed by atoms with Gasteiger partial charge in [0, 0.05) is 37.6 Å². The first-order chi connectivity index (χ1) is 12.9. The van der Waals surface area contributed by atoms with Crippen LogP contribution >= 0.6 is 0 Å². The van der Waals surface area contributed by atoms with E-state index in [9.17, 15) is 13.2 Å². The Morgan fingerprint density at radius 2 is 2.11 bits per heavy atom. The lowest BCUT2D eigenvalue weighted by molar-refractivity contribution is 0.0747. The number of amides is 1. The molecule has 2 aromatic rings. The number of hydrogen-bond donors (Lipinski definition) is 1. The summed E-state index contributed by atoms with van der Waals surface area (Å²) in [4.78, 5) is 18.4. The lowest BCUT2D eigenvalue weighted by atomic mass is 10.1. The van der Waals surface area contributed by atoms with Gasteiger partial charge in [0.25, 0.3) is 5.91 Å². The van der Waals surface area contributed by atoms with E-state index in [2.05, 4.69) is 10.3 Å². The average molecular weight is 389 g/mol. The van der Waals surface area contributed by atoms with Crippen LogP contribution in [0.1, 0.15) is 22.3 Å². The van der Waals surface area contributed by atoms with Gasteiger partial charge in [-0.3, -0.25) is 9.78 Å². The van der Waals surface area contributed by atoms with Gasteiger partial charge in [0.2, 0.25) is 0 Å². The number of aromatic nitrogens is 1. The van der Waals surface area contributed by atoms with Crippen LogP contribution < -0.4 is 10.1 Å². The molecule has 0 spiro atoms. The van der Waals surface area contributed by atoms with E-state index in [0.29, 0.717) is 24.2 Å². The van der Waals surface area contributed by atoms with Gasteiger partial charge in [0.15, 0.2) is 9.84 Å². The smallest absolute Gasteiger partial charge is 0.255 e. The maximum Gasteiger partial charge on any atom is 0.255 e. The molecule has 1 amide bonds. The Hall–Kier alpha value is -2.61. The van der Waals surface area contributed by atoms with E-state index >= 15 is 0 Å². The van der Waals surface area contributed by atoms with Crippen LogP contribution in [0.5, 0.6) is 5.75 Å². The second-order valence-corrected chi connectivity index (χ2v) is 8.83. The number of nitrogens with one attached hydrogen (secondary N) is 1. The van der Waals surface area contributed by atoms with Gasteiger partial charge in [-0.25, -0.2) is 8.42 Å². The zero-order valence-electron chi connectivity index (χ0n) is 15.4. The lowest BCUT2D eigenvalue weighted by Crippen LogP contribution is -2.37. The van der Waals surface area contributed by atoms with E-state index in [0.717, 1.165) is 11.3 Å². The summed E-state index contributed by atoms with van der Waals surface area (Å²) in [7, 11) is 0.221. The summed E-state index contributed by atoms with van der Waals surface area (Å²) in [6, 6.07) is 9.13. The predicted molar refractivity (Wildman–Crippen MR) is 104 cm³/mol. The summed E-state index contributed by atoms with van der Waals surface area (Å²) in [5.41, 5.74) is 2.12. The molecule has 0 aliphatic carbocycles. The third kappa shape index (κ3) is 4.57. The third-order valence-electron chi connectivity index (χ3n) is 4.74. The minimum absolute atomic E-state index is 0.0222. The molecule has 0 saturated carbocycles. The van der Waals surface area contributed by atoms with Crippen molar-refractivity contribution in [2.24, 2.45) is 0 Å². The predicted octanol–water partition coefficient (Wildman–Crippen LogP) is 1.96. The first-order valence-electron chi connectivity index (χ1n) is 8.68. The molecule has 1 aliphatic rings. The van der Waals surface area contributed by atoms with Crippen molar-refractivity contribution in [3.63, 3.8) is 0 Å². The Morgan fingerprint density at radius 1 is 1.33 bits per heavy atom. The number of hydrogen-bond acceptors (Lipinski definition) is 6. The number of para-hydroxylation sites is 1. The highest BCUT2D eigenvalue weighted by Gasteiger charge is 2.33. The van der Waals surface area contributed by atoms with Crippen LogP contribution in [0.3, 0.4) is 0 Å². The molecule has 144 valence electrons. The van der Waals surface area contributed by atoms with E-state index in [1.165, 1.54) is 11.1 Å². The van der Waals surface area contributed by atoms with Crippen LogP contribution in [0.25, 0.3) is 0 Å². The van der Waals surface area contributed by atoms with Crippen LogP contribution in [-0.4, -0.2) is 55.9 Å². The first-order valence-corrected chi connectivity index (χ1v) is 10.5. The van der Waals surface area contributed by atoms with Crippen LogP contribution in [-0.2, 0) is 16.4 Å². The molecule has 1 saturated heterocycles. The number of sulfone groups is 1. The lowest BCUT2D eigenvalue weighted by Gasteiger charge is -2.23. The zero-order valence-corrected chi connectivity index (χ0v) is 16.2. The molecule has 27 heavy (non-hydrogen) atoms. The molecule has 3 rings (SSSR count). The highest BCUT2D eigenvalue weighted by molar-refractivity contribution is 7.91. The fourth-order valence-electron chi connectivity index (χ4n) is 3.15. The fraction of sp³-hybridized carbons (Fsp3) is 0.368. The topological polar surface area (TPSA) is 88.6 Å². The molecule has 1 N–H and O–H groups in total. The maximum atomic E-state index is 12.7. The van der Waals surface area contributed by atoms with Crippen molar-refractivity contribution in [1.82, 2.24) is 9.88 Å². The van der Waals surface area contributed by atoms with Crippen molar-refractivity contribution in [2.45, 2.75) is 19.0 Å². The number of carbonyl (C=O) groups excluding carboxylic acids is 1. The molecule has 8 heteroatoms. The van der Waals surface area contributed by atoms with Gasteiger partial charge in [0.1, 0.15) is 5.75 Å². The molecule has 1 fully saturated rings. The molecule has 0 bridgehead atoms. The monoisotopic (exact) mass is 389 g/mol. The molecule has 1 aromatic carbocycles. The quantitative estimate of drug-likeness (QED) is 0.813. The summed E-state index contributed by atoms with van der Waals surface area (Å²) in [5, 5.41) is 3.24. The van der Waals surface area contributed by atoms with Crippen molar-refractivity contribution < 1.29 is 17.9 Å². The molecule has 0 radical (unpaired) electrons. The molecule has 7 nitrogen and oxygen atoms in total. The van der Waals surface area contributed by atoms with Gasteiger partial charge in [0.05, 0.1) is 29.9 Å². The molecule has 1 unspecified atom stereocenters. The number of benzene rings is 1. The van der Waals surface area contributed by atoms with E-state index in [4.69, 9.17) is 4.74 Å². The Morgan fingerprint density at radius 3 is 2.81 bits per heavy atom. The van der Waals surface area contributed by atoms with Crippen molar-refractivity contribution in [2.75, 3.05) is 31.0 Å². The number of carbonyl (C=O) groups is 1.